The Labute approximate surface area is 124 Å². The SMILES string of the molecule is O=C(CCCc1c[nH]c2ccccc12)NC1CCCOC1. The van der Waals surface area contributed by atoms with Crippen LogP contribution in [0.3, 0.4) is 0 Å². The molecule has 2 heterocycles. The fourth-order valence-corrected chi connectivity index (χ4v) is 2.93. The summed E-state index contributed by atoms with van der Waals surface area (Å²) in [7, 11) is 0. The molecule has 0 aliphatic carbocycles. The molecule has 0 radical (unpaired) electrons. The predicted molar refractivity (Wildman–Crippen MR) is 83.2 cm³/mol. The summed E-state index contributed by atoms with van der Waals surface area (Å²) in [5.41, 5.74) is 2.45. The average Bonchev–Trinajstić information content (AvgIpc) is 2.92. The van der Waals surface area contributed by atoms with Crippen LogP contribution in [0, 0.1) is 0 Å². The van der Waals surface area contributed by atoms with Gasteiger partial charge >= 0.3 is 0 Å². The van der Waals surface area contributed by atoms with E-state index in [9.17, 15) is 4.79 Å². The van der Waals surface area contributed by atoms with Gasteiger partial charge in [-0.3, -0.25) is 4.79 Å². The average molecular weight is 286 g/mol. The number of hydrogen-bond acceptors (Lipinski definition) is 2. The number of rotatable bonds is 5. The highest BCUT2D eigenvalue weighted by molar-refractivity contribution is 5.83. The van der Waals surface area contributed by atoms with E-state index in [-0.39, 0.29) is 11.9 Å². The van der Waals surface area contributed by atoms with Gasteiger partial charge in [0.2, 0.25) is 5.91 Å². The second-order valence-corrected chi connectivity index (χ2v) is 5.69. The van der Waals surface area contributed by atoms with Crippen molar-refractivity contribution in [3.63, 3.8) is 0 Å². The van der Waals surface area contributed by atoms with Gasteiger partial charge < -0.3 is 15.0 Å². The van der Waals surface area contributed by atoms with E-state index in [0.717, 1.165) is 37.8 Å². The van der Waals surface area contributed by atoms with E-state index in [1.54, 1.807) is 0 Å². The summed E-state index contributed by atoms with van der Waals surface area (Å²) in [5, 5.41) is 4.33. The van der Waals surface area contributed by atoms with Crippen molar-refractivity contribution < 1.29 is 9.53 Å². The van der Waals surface area contributed by atoms with E-state index < -0.39 is 0 Å². The van der Waals surface area contributed by atoms with E-state index in [0.29, 0.717) is 13.0 Å². The Morgan fingerprint density at radius 1 is 1.38 bits per heavy atom. The quantitative estimate of drug-likeness (QED) is 0.888. The number of nitrogens with one attached hydrogen (secondary N) is 2. The maximum absolute atomic E-state index is 11.9. The zero-order valence-electron chi connectivity index (χ0n) is 12.2. The zero-order chi connectivity index (χ0) is 14.5. The Hall–Kier alpha value is -1.81. The summed E-state index contributed by atoms with van der Waals surface area (Å²) in [6, 6.07) is 8.49. The molecule has 1 aliphatic heterocycles. The van der Waals surface area contributed by atoms with Crippen LogP contribution in [0.2, 0.25) is 0 Å². The number of H-pyrrole nitrogens is 1. The molecule has 1 fully saturated rings. The molecule has 112 valence electrons. The summed E-state index contributed by atoms with van der Waals surface area (Å²) < 4.78 is 5.38. The van der Waals surface area contributed by atoms with Gasteiger partial charge in [0.1, 0.15) is 0 Å². The highest BCUT2D eigenvalue weighted by Gasteiger charge is 2.15. The van der Waals surface area contributed by atoms with Gasteiger partial charge in [0.25, 0.3) is 0 Å². The lowest BCUT2D eigenvalue weighted by Gasteiger charge is -2.23. The van der Waals surface area contributed by atoms with Crippen molar-refractivity contribution >= 4 is 16.8 Å². The van der Waals surface area contributed by atoms with Gasteiger partial charge in [0.05, 0.1) is 12.6 Å². The topological polar surface area (TPSA) is 54.1 Å². The van der Waals surface area contributed by atoms with E-state index in [1.807, 2.05) is 6.07 Å². The molecule has 21 heavy (non-hydrogen) atoms. The predicted octanol–water partition coefficient (Wildman–Crippen LogP) is 2.79. The molecule has 0 spiro atoms. The Bertz CT molecular complexity index is 600. The van der Waals surface area contributed by atoms with E-state index >= 15 is 0 Å². The normalized spacial score (nSPS) is 18.8. The molecule has 1 aromatic carbocycles. The number of aryl methyl sites for hydroxylation is 1. The first-order chi connectivity index (χ1) is 10.3. The van der Waals surface area contributed by atoms with E-state index in [2.05, 4.69) is 34.7 Å². The maximum atomic E-state index is 11.9. The van der Waals surface area contributed by atoms with Crippen LogP contribution in [0.15, 0.2) is 30.5 Å². The van der Waals surface area contributed by atoms with Gasteiger partial charge in [-0.1, -0.05) is 18.2 Å². The molecule has 1 saturated heterocycles. The van der Waals surface area contributed by atoms with Gasteiger partial charge in [-0.25, -0.2) is 0 Å². The second kappa shape index (κ2) is 6.76. The molecule has 4 nitrogen and oxygen atoms in total. The summed E-state index contributed by atoms with van der Waals surface area (Å²) >= 11 is 0. The van der Waals surface area contributed by atoms with Crippen molar-refractivity contribution in [2.24, 2.45) is 0 Å². The van der Waals surface area contributed by atoms with Crippen LogP contribution in [-0.4, -0.2) is 30.1 Å². The Balaban J connectivity index is 1.46. The molecule has 0 saturated carbocycles. The molecule has 1 aliphatic rings. The summed E-state index contributed by atoms with van der Waals surface area (Å²) in [6.07, 6.45) is 6.52. The molecule has 1 atom stereocenters. The lowest BCUT2D eigenvalue weighted by atomic mass is 10.1. The number of carbonyl (C=O) groups excluding carboxylic acids is 1. The van der Waals surface area contributed by atoms with E-state index in [1.165, 1.54) is 10.9 Å². The number of para-hydroxylation sites is 1. The smallest absolute Gasteiger partial charge is 0.220 e. The van der Waals surface area contributed by atoms with Crippen molar-refractivity contribution in [2.75, 3.05) is 13.2 Å². The number of ether oxygens (including phenoxy) is 1. The molecule has 4 heteroatoms. The number of aromatic amines is 1. The Morgan fingerprint density at radius 2 is 2.29 bits per heavy atom. The fraction of sp³-hybridized carbons (Fsp3) is 0.471. The van der Waals surface area contributed by atoms with Crippen LogP contribution in [0.25, 0.3) is 10.9 Å². The lowest BCUT2D eigenvalue weighted by Crippen LogP contribution is -2.40. The van der Waals surface area contributed by atoms with E-state index in [4.69, 9.17) is 4.74 Å². The Morgan fingerprint density at radius 3 is 3.14 bits per heavy atom. The number of fused-ring (bicyclic) bond motifs is 1. The van der Waals surface area contributed by atoms with Crippen LogP contribution in [0.4, 0.5) is 0 Å². The molecule has 0 bridgehead atoms. The number of aromatic nitrogens is 1. The monoisotopic (exact) mass is 286 g/mol. The van der Waals surface area contributed by atoms with Crippen LogP contribution in [0.5, 0.6) is 0 Å². The Kier molecular flexibility index (Phi) is 4.55. The number of hydrogen-bond donors (Lipinski definition) is 2. The molecule has 1 unspecified atom stereocenters. The zero-order valence-corrected chi connectivity index (χ0v) is 12.2. The van der Waals surface area contributed by atoms with Crippen molar-refractivity contribution in [1.82, 2.24) is 10.3 Å². The lowest BCUT2D eigenvalue weighted by molar-refractivity contribution is -0.122. The van der Waals surface area contributed by atoms with Crippen LogP contribution in [-0.2, 0) is 16.0 Å². The molecular weight excluding hydrogens is 264 g/mol. The molecule has 2 N–H and O–H groups in total. The van der Waals surface area contributed by atoms with Gasteiger partial charge in [0, 0.05) is 30.1 Å². The third kappa shape index (κ3) is 3.64. The number of amides is 1. The standard InChI is InChI=1S/C17H22N2O2/c20-17(19-14-6-4-10-21-12-14)9-3-5-13-11-18-16-8-2-1-7-15(13)16/h1-2,7-8,11,14,18H,3-6,9-10,12H2,(H,19,20). The minimum absolute atomic E-state index is 0.144. The van der Waals surface area contributed by atoms with Gasteiger partial charge in [-0.05, 0) is 37.3 Å². The van der Waals surface area contributed by atoms with Crippen LogP contribution in [0.1, 0.15) is 31.2 Å². The third-order valence-electron chi connectivity index (χ3n) is 4.05. The summed E-state index contributed by atoms with van der Waals surface area (Å²) in [6.45, 7) is 1.49. The van der Waals surface area contributed by atoms with Crippen LogP contribution < -0.4 is 5.32 Å². The van der Waals surface area contributed by atoms with Gasteiger partial charge in [-0.2, -0.15) is 0 Å². The number of benzene rings is 1. The molecule has 3 rings (SSSR count). The molecule has 1 aromatic heterocycles. The summed E-state index contributed by atoms with van der Waals surface area (Å²) in [5.74, 6) is 0.144. The van der Waals surface area contributed by atoms with Gasteiger partial charge in [-0.15, -0.1) is 0 Å². The second-order valence-electron chi connectivity index (χ2n) is 5.69. The first kappa shape index (κ1) is 14.1. The first-order valence-electron chi connectivity index (χ1n) is 7.75. The number of carbonyl (C=O) groups is 1. The molecule has 2 aromatic rings. The summed E-state index contributed by atoms with van der Waals surface area (Å²) in [4.78, 5) is 15.2. The van der Waals surface area contributed by atoms with Crippen molar-refractivity contribution in [1.29, 1.82) is 0 Å². The maximum Gasteiger partial charge on any atom is 0.220 e. The highest BCUT2D eigenvalue weighted by atomic mass is 16.5. The van der Waals surface area contributed by atoms with Gasteiger partial charge in [0.15, 0.2) is 0 Å². The highest BCUT2D eigenvalue weighted by Crippen LogP contribution is 2.19. The van der Waals surface area contributed by atoms with Crippen LogP contribution >= 0.6 is 0 Å². The minimum Gasteiger partial charge on any atom is -0.379 e. The van der Waals surface area contributed by atoms with Crippen molar-refractivity contribution in [2.45, 2.75) is 38.1 Å². The molecular formula is C17H22N2O2. The minimum atomic E-state index is 0.144. The first-order valence-corrected chi connectivity index (χ1v) is 7.75. The largest absolute Gasteiger partial charge is 0.379 e. The third-order valence-corrected chi connectivity index (χ3v) is 4.05. The van der Waals surface area contributed by atoms with Crippen molar-refractivity contribution in [3.05, 3.63) is 36.0 Å². The van der Waals surface area contributed by atoms with Crippen molar-refractivity contribution in [3.8, 4) is 0 Å². The fourth-order valence-electron chi connectivity index (χ4n) is 2.93. The molecule has 1 amide bonds.